The van der Waals surface area contributed by atoms with Gasteiger partial charge in [0, 0.05) is 19.7 Å². The van der Waals surface area contributed by atoms with Crippen molar-refractivity contribution in [1.82, 2.24) is 10.2 Å². The van der Waals surface area contributed by atoms with E-state index in [-0.39, 0.29) is 24.4 Å². The molecule has 96 valence electrons. The molecule has 1 aliphatic heterocycles. The van der Waals surface area contributed by atoms with Crippen LogP contribution >= 0.6 is 12.4 Å². The maximum Gasteiger partial charge on any atom is 0.251 e. The van der Waals surface area contributed by atoms with Crippen LogP contribution < -0.4 is 5.32 Å². The number of carbonyl (C=O) groups is 1. The lowest BCUT2D eigenvalue weighted by Crippen LogP contribution is -2.38. The van der Waals surface area contributed by atoms with E-state index in [4.69, 9.17) is 4.74 Å². The Bertz CT molecular complexity index is 214. The van der Waals surface area contributed by atoms with E-state index < -0.39 is 0 Å². The number of rotatable bonds is 5. The molecule has 1 fully saturated rings. The lowest BCUT2D eigenvalue weighted by molar-refractivity contribution is -0.141. The van der Waals surface area contributed by atoms with Gasteiger partial charge in [0.1, 0.15) is 6.10 Å². The molecule has 0 radical (unpaired) electrons. The highest BCUT2D eigenvalue weighted by Crippen LogP contribution is 2.16. The minimum atomic E-state index is -0.289. The molecule has 16 heavy (non-hydrogen) atoms. The van der Waals surface area contributed by atoms with Gasteiger partial charge in [-0.05, 0) is 39.8 Å². The molecule has 2 unspecified atom stereocenters. The van der Waals surface area contributed by atoms with E-state index in [0.717, 1.165) is 26.1 Å². The topological polar surface area (TPSA) is 41.6 Å². The molecule has 0 bridgehead atoms. The summed E-state index contributed by atoms with van der Waals surface area (Å²) in [6.45, 7) is 7.09. The minimum absolute atomic E-state index is 0. The van der Waals surface area contributed by atoms with Crippen LogP contribution in [0.4, 0.5) is 0 Å². The summed E-state index contributed by atoms with van der Waals surface area (Å²) in [7, 11) is 1.95. The van der Waals surface area contributed by atoms with Gasteiger partial charge in [-0.1, -0.05) is 0 Å². The van der Waals surface area contributed by atoms with Crippen molar-refractivity contribution >= 4 is 18.3 Å². The molecule has 2 atom stereocenters. The van der Waals surface area contributed by atoms with Crippen molar-refractivity contribution in [3.05, 3.63) is 0 Å². The van der Waals surface area contributed by atoms with Crippen LogP contribution in [0.15, 0.2) is 0 Å². The summed E-state index contributed by atoms with van der Waals surface area (Å²) in [5.41, 5.74) is 0. The standard InChI is InChI=1S/C11H22N2O2.ClH/c1-4-15-9(2)11(14)13-6-5-10(8-13)7-12-3;/h9-10,12H,4-8H2,1-3H3;1H. The Morgan fingerprint density at radius 2 is 2.31 bits per heavy atom. The number of likely N-dealkylation sites (tertiary alicyclic amines) is 1. The van der Waals surface area contributed by atoms with Gasteiger partial charge in [0.05, 0.1) is 0 Å². The molecule has 1 saturated heterocycles. The van der Waals surface area contributed by atoms with Gasteiger partial charge in [-0.15, -0.1) is 12.4 Å². The Morgan fingerprint density at radius 1 is 1.62 bits per heavy atom. The molecule has 0 aromatic rings. The fourth-order valence-electron chi connectivity index (χ4n) is 2.07. The van der Waals surface area contributed by atoms with E-state index in [2.05, 4.69) is 5.32 Å². The number of hydrogen-bond donors (Lipinski definition) is 1. The summed E-state index contributed by atoms with van der Waals surface area (Å²) in [6.07, 6.45) is 0.814. The van der Waals surface area contributed by atoms with E-state index in [1.165, 1.54) is 0 Å². The summed E-state index contributed by atoms with van der Waals surface area (Å²) in [6, 6.07) is 0. The molecule has 1 amide bonds. The Kier molecular flexibility index (Phi) is 7.72. The number of halogens is 1. The lowest BCUT2D eigenvalue weighted by atomic mass is 10.1. The third-order valence-electron chi connectivity index (χ3n) is 2.85. The van der Waals surface area contributed by atoms with Crippen LogP contribution in [0.3, 0.4) is 0 Å². The van der Waals surface area contributed by atoms with Gasteiger partial charge in [0.15, 0.2) is 0 Å². The van der Waals surface area contributed by atoms with Crippen molar-refractivity contribution < 1.29 is 9.53 Å². The summed E-state index contributed by atoms with van der Waals surface area (Å²) in [4.78, 5) is 13.8. The van der Waals surface area contributed by atoms with E-state index in [1.54, 1.807) is 0 Å². The number of nitrogens with one attached hydrogen (secondary N) is 1. The predicted molar refractivity (Wildman–Crippen MR) is 66.9 cm³/mol. The first kappa shape index (κ1) is 15.7. The van der Waals surface area contributed by atoms with Crippen LogP contribution in [-0.4, -0.2) is 50.2 Å². The first-order chi connectivity index (χ1) is 7.19. The molecule has 0 aromatic heterocycles. The quantitative estimate of drug-likeness (QED) is 0.789. The number of amides is 1. The maximum absolute atomic E-state index is 11.9. The minimum Gasteiger partial charge on any atom is -0.369 e. The lowest BCUT2D eigenvalue weighted by Gasteiger charge is -2.20. The van der Waals surface area contributed by atoms with E-state index in [1.807, 2.05) is 25.8 Å². The molecular formula is C11H23ClN2O2. The van der Waals surface area contributed by atoms with Gasteiger partial charge >= 0.3 is 0 Å². The highest BCUT2D eigenvalue weighted by molar-refractivity contribution is 5.85. The summed E-state index contributed by atoms with van der Waals surface area (Å²) in [5.74, 6) is 0.739. The third-order valence-corrected chi connectivity index (χ3v) is 2.85. The fraction of sp³-hybridized carbons (Fsp3) is 0.909. The molecule has 1 N–H and O–H groups in total. The van der Waals surface area contributed by atoms with Crippen molar-refractivity contribution in [2.45, 2.75) is 26.4 Å². The van der Waals surface area contributed by atoms with Gasteiger partial charge in [0.2, 0.25) is 0 Å². The van der Waals surface area contributed by atoms with E-state index >= 15 is 0 Å². The first-order valence-electron chi connectivity index (χ1n) is 5.74. The van der Waals surface area contributed by atoms with Gasteiger partial charge in [-0.2, -0.15) is 0 Å². The van der Waals surface area contributed by atoms with Crippen LogP contribution in [0, 0.1) is 5.92 Å². The summed E-state index contributed by atoms with van der Waals surface area (Å²) < 4.78 is 5.30. The molecule has 1 rings (SSSR count). The first-order valence-corrected chi connectivity index (χ1v) is 5.74. The van der Waals surface area contributed by atoms with Crippen molar-refractivity contribution in [2.24, 2.45) is 5.92 Å². The van der Waals surface area contributed by atoms with Gasteiger partial charge in [0.25, 0.3) is 5.91 Å². The average molecular weight is 251 g/mol. The third kappa shape index (κ3) is 4.28. The maximum atomic E-state index is 11.9. The Labute approximate surface area is 104 Å². The van der Waals surface area contributed by atoms with Gasteiger partial charge in [-0.3, -0.25) is 4.79 Å². The zero-order valence-corrected chi connectivity index (χ0v) is 11.2. The predicted octanol–water partition coefficient (Wildman–Crippen LogP) is 0.901. The second-order valence-electron chi connectivity index (χ2n) is 4.09. The molecule has 0 spiro atoms. The number of hydrogen-bond acceptors (Lipinski definition) is 3. The van der Waals surface area contributed by atoms with Crippen molar-refractivity contribution in [2.75, 3.05) is 33.3 Å². The van der Waals surface area contributed by atoms with E-state index in [9.17, 15) is 4.79 Å². The van der Waals surface area contributed by atoms with Crippen LogP contribution in [0.25, 0.3) is 0 Å². The monoisotopic (exact) mass is 250 g/mol. The van der Waals surface area contributed by atoms with E-state index in [0.29, 0.717) is 12.5 Å². The molecule has 1 heterocycles. The fourth-order valence-corrected chi connectivity index (χ4v) is 2.07. The molecule has 0 aromatic carbocycles. The number of nitrogens with zero attached hydrogens (tertiary/aromatic N) is 1. The van der Waals surface area contributed by atoms with Crippen LogP contribution in [-0.2, 0) is 9.53 Å². The highest BCUT2D eigenvalue weighted by atomic mass is 35.5. The molecular weight excluding hydrogens is 228 g/mol. The van der Waals surface area contributed by atoms with Crippen molar-refractivity contribution in [3.63, 3.8) is 0 Å². The molecule has 1 aliphatic rings. The van der Waals surface area contributed by atoms with Gasteiger partial charge in [-0.25, -0.2) is 0 Å². The Balaban J connectivity index is 0.00000225. The second kappa shape index (κ2) is 7.87. The summed E-state index contributed by atoms with van der Waals surface area (Å²) in [5, 5.41) is 3.15. The molecule has 4 nitrogen and oxygen atoms in total. The Hall–Kier alpha value is -0.320. The zero-order chi connectivity index (χ0) is 11.3. The molecule has 0 saturated carbocycles. The van der Waals surface area contributed by atoms with Crippen molar-refractivity contribution in [3.8, 4) is 0 Å². The number of carbonyl (C=O) groups excluding carboxylic acids is 1. The molecule has 0 aliphatic carbocycles. The highest BCUT2D eigenvalue weighted by Gasteiger charge is 2.28. The second-order valence-corrected chi connectivity index (χ2v) is 4.09. The smallest absolute Gasteiger partial charge is 0.251 e. The average Bonchev–Trinajstić information content (AvgIpc) is 2.66. The van der Waals surface area contributed by atoms with Gasteiger partial charge < -0.3 is 15.0 Å². The van der Waals surface area contributed by atoms with Crippen LogP contribution in [0.2, 0.25) is 0 Å². The Morgan fingerprint density at radius 3 is 2.88 bits per heavy atom. The van der Waals surface area contributed by atoms with Crippen LogP contribution in [0.1, 0.15) is 20.3 Å². The normalized spacial score (nSPS) is 21.7. The summed E-state index contributed by atoms with van der Waals surface area (Å²) >= 11 is 0. The SMILES string of the molecule is CCOC(C)C(=O)N1CCC(CNC)C1.Cl. The van der Waals surface area contributed by atoms with Crippen molar-refractivity contribution in [1.29, 1.82) is 0 Å². The molecule has 5 heteroatoms. The number of ether oxygens (including phenoxy) is 1. The van der Waals surface area contributed by atoms with Crippen LogP contribution in [0.5, 0.6) is 0 Å². The zero-order valence-electron chi connectivity index (χ0n) is 10.4. The largest absolute Gasteiger partial charge is 0.369 e.